The molecule has 1 nitrogen and oxygen atoms in total. The third-order valence-electron chi connectivity index (χ3n) is 3.20. The lowest BCUT2D eigenvalue weighted by molar-refractivity contribution is -0.121. The van der Waals surface area contributed by atoms with Crippen molar-refractivity contribution in [2.75, 3.05) is 0 Å². The van der Waals surface area contributed by atoms with Gasteiger partial charge in [0.15, 0.2) is 0 Å². The lowest BCUT2D eigenvalue weighted by atomic mass is 9.81. The van der Waals surface area contributed by atoms with Crippen molar-refractivity contribution in [1.82, 2.24) is 0 Å². The number of rotatable bonds is 1. The Morgan fingerprint density at radius 2 is 2.13 bits per heavy atom. The summed E-state index contributed by atoms with van der Waals surface area (Å²) >= 11 is 4.47. The highest BCUT2D eigenvalue weighted by atomic mass is 32.1. The average molecular weight is 220 g/mol. The molecule has 15 heavy (non-hydrogen) atoms. The van der Waals surface area contributed by atoms with Crippen LogP contribution in [0.25, 0.3) is 0 Å². The second-order valence-corrected chi connectivity index (χ2v) is 4.75. The number of Topliss-reactive ketones (excluding diaryl/α,β-unsaturated/α-hetero) is 1. The van der Waals surface area contributed by atoms with E-state index in [0.717, 1.165) is 36.1 Å². The first-order valence-electron chi connectivity index (χ1n) is 5.51. The molecular formula is C13H16OS. The highest BCUT2D eigenvalue weighted by molar-refractivity contribution is 7.80. The van der Waals surface area contributed by atoms with Crippen LogP contribution >= 0.6 is 12.6 Å². The zero-order valence-corrected chi connectivity index (χ0v) is 9.89. The van der Waals surface area contributed by atoms with Crippen molar-refractivity contribution in [1.29, 1.82) is 0 Å². The van der Waals surface area contributed by atoms with Crippen LogP contribution in [-0.2, 0) is 4.79 Å². The summed E-state index contributed by atoms with van der Waals surface area (Å²) in [7, 11) is 0. The van der Waals surface area contributed by atoms with Gasteiger partial charge in [-0.05, 0) is 37.0 Å². The van der Waals surface area contributed by atoms with E-state index in [9.17, 15) is 4.79 Å². The fourth-order valence-corrected chi connectivity index (χ4v) is 2.82. The highest BCUT2D eigenvalue weighted by Gasteiger charge is 2.26. The van der Waals surface area contributed by atoms with Crippen LogP contribution in [0.3, 0.4) is 0 Å². The number of hydrogen-bond acceptors (Lipinski definition) is 2. The first kappa shape index (κ1) is 10.7. The third kappa shape index (κ3) is 2.10. The van der Waals surface area contributed by atoms with E-state index in [0.29, 0.717) is 5.78 Å². The Labute approximate surface area is 96.3 Å². The van der Waals surface area contributed by atoms with Gasteiger partial charge in [0.2, 0.25) is 0 Å². The Morgan fingerprint density at radius 1 is 1.33 bits per heavy atom. The van der Waals surface area contributed by atoms with E-state index in [2.05, 4.69) is 25.6 Å². The molecule has 0 bridgehead atoms. The second kappa shape index (κ2) is 4.40. The Morgan fingerprint density at radius 3 is 2.80 bits per heavy atom. The minimum atomic E-state index is 0.104. The van der Waals surface area contributed by atoms with Gasteiger partial charge in [-0.1, -0.05) is 18.6 Å². The molecule has 1 unspecified atom stereocenters. The molecule has 0 saturated heterocycles. The maximum Gasteiger partial charge on any atom is 0.140 e. The first-order chi connectivity index (χ1) is 7.20. The van der Waals surface area contributed by atoms with E-state index in [1.165, 1.54) is 5.56 Å². The Hall–Kier alpha value is -0.760. The molecule has 1 saturated carbocycles. The number of aryl methyl sites for hydroxylation is 1. The second-order valence-electron chi connectivity index (χ2n) is 4.27. The summed E-state index contributed by atoms with van der Waals surface area (Å²) in [5.41, 5.74) is 2.35. The molecule has 0 radical (unpaired) electrons. The van der Waals surface area contributed by atoms with E-state index >= 15 is 0 Å². The lowest BCUT2D eigenvalue weighted by Gasteiger charge is -2.23. The molecule has 80 valence electrons. The molecule has 0 heterocycles. The molecule has 0 amide bonds. The molecule has 0 spiro atoms. The SMILES string of the molecule is Cc1cccc(S)c1C1CCCCC1=O. The zero-order chi connectivity index (χ0) is 10.8. The summed E-state index contributed by atoms with van der Waals surface area (Å²) in [6.07, 6.45) is 3.96. The quantitative estimate of drug-likeness (QED) is 0.717. The molecule has 0 aliphatic heterocycles. The Bertz CT molecular complexity index is 364. The van der Waals surface area contributed by atoms with Gasteiger partial charge in [0, 0.05) is 17.2 Å². The van der Waals surface area contributed by atoms with E-state index in [1.807, 2.05) is 12.1 Å². The number of benzene rings is 1. The van der Waals surface area contributed by atoms with Crippen LogP contribution in [0, 0.1) is 6.92 Å². The van der Waals surface area contributed by atoms with E-state index in [4.69, 9.17) is 0 Å². The van der Waals surface area contributed by atoms with Crippen molar-refractivity contribution in [2.24, 2.45) is 0 Å². The van der Waals surface area contributed by atoms with E-state index in [1.54, 1.807) is 0 Å². The van der Waals surface area contributed by atoms with Gasteiger partial charge >= 0.3 is 0 Å². The molecule has 2 heteroatoms. The first-order valence-corrected chi connectivity index (χ1v) is 5.96. The van der Waals surface area contributed by atoms with Crippen molar-refractivity contribution in [3.63, 3.8) is 0 Å². The van der Waals surface area contributed by atoms with Gasteiger partial charge in [-0.2, -0.15) is 0 Å². The normalized spacial score (nSPS) is 21.7. The lowest BCUT2D eigenvalue weighted by Crippen LogP contribution is -2.18. The van der Waals surface area contributed by atoms with Crippen molar-refractivity contribution >= 4 is 18.4 Å². The fourth-order valence-electron chi connectivity index (χ4n) is 2.41. The highest BCUT2D eigenvalue weighted by Crippen LogP contribution is 2.35. The third-order valence-corrected chi connectivity index (χ3v) is 3.59. The topological polar surface area (TPSA) is 17.1 Å². The number of ketones is 1. The van der Waals surface area contributed by atoms with Crippen molar-refractivity contribution in [3.8, 4) is 0 Å². The van der Waals surface area contributed by atoms with Crippen LogP contribution in [0.2, 0.25) is 0 Å². The van der Waals surface area contributed by atoms with Gasteiger partial charge in [0.05, 0.1) is 0 Å². The summed E-state index contributed by atoms with van der Waals surface area (Å²) in [4.78, 5) is 12.8. The molecule has 2 rings (SSSR count). The number of thiol groups is 1. The minimum absolute atomic E-state index is 0.104. The summed E-state index contributed by atoms with van der Waals surface area (Å²) in [6, 6.07) is 6.04. The molecule has 1 atom stereocenters. The predicted octanol–water partition coefficient (Wildman–Crippen LogP) is 3.51. The van der Waals surface area contributed by atoms with Gasteiger partial charge in [-0.3, -0.25) is 4.79 Å². The number of hydrogen-bond donors (Lipinski definition) is 1. The summed E-state index contributed by atoms with van der Waals surface area (Å²) in [6.45, 7) is 2.07. The molecule has 1 aliphatic rings. The molecule has 1 fully saturated rings. The zero-order valence-electron chi connectivity index (χ0n) is 8.99. The number of carbonyl (C=O) groups is 1. The van der Waals surface area contributed by atoms with Gasteiger partial charge in [0.1, 0.15) is 5.78 Å². The summed E-state index contributed by atoms with van der Waals surface area (Å²) in [5, 5.41) is 0. The van der Waals surface area contributed by atoms with Gasteiger partial charge < -0.3 is 0 Å². The summed E-state index contributed by atoms with van der Waals surface area (Å²) < 4.78 is 0. The van der Waals surface area contributed by atoms with Crippen LogP contribution in [0.5, 0.6) is 0 Å². The maximum absolute atomic E-state index is 11.9. The van der Waals surface area contributed by atoms with E-state index in [-0.39, 0.29) is 5.92 Å². The largest absolute Gasteiger partial charge is 0.299 e. The molecular weight excluding hydrogens is 204 g/mol. The van der Waals surface area contributed by atoms with Crippen LogP contribution in [-0.4, -0.2) is 5.78 Å². The fraction of sp³-hybridized carbons (Fsp3) is 0.462. The van der Waals surface area contributed by atoms with Crippen LogP contribution < -0.4 is 0 Å². The standard InChI is InChI=1S/C13H16OS/c1-9-5-4-8-12(15)13(9)10-6-2-3-7-11(10)14/h4-5,8,10,15H,2-3,6-7H2,1H3. The van der Waals surface area contributed by atoms with Crippen molar-refractivity contribution < 1.29 is 4.79 Å². The van der Waals surface area contributed by atoms with Crippen LogP contribution in [0.1, 0.15) is 42.7 Å². The Kier molecular flexibility index (Phi) is 3.15. The molecule has 0 N–H and O–H groups in total. The van der Waals surface area contributed by atoms with Crippen molar-refractivity contribution in [2.45, 2.75) is 43.4 Å². The predicted molar refractivity (Wildman–Crippen MR) is 64.6 cm³/mol. The van der Waals surface area contributed by atoms with Gasteiger partial charge in [-0.15, -0.1) is 12.6 Å². The van der Waals surface area contributed by atoms with Gasteiger partial charge in [-0.25, -0.2) is 0 Å². The minimum Gasteiger partial charge on any atom is -0.299 e. The molecule has 1 aliphatic carbocycles. The van der Waals surface area contributed by atoms with Gasteiger partial charge in [0.25, 0.3) is 0 Å². The van der Waals surface area contributed by atoms with Crippen LogP contribution in [0.15, 0.2) is 23.1 Å². The maximum atomic E-state index is 11.9. The number of carbonyl (C=O) groups excluding carboxylic acids is 1. The average Bonchev–Trinajstić information content (AvgIpc) is 2.20. The Balaban J connectivity index is 2.39. The van der Waals surface area contributed by atoms with E-state index < -0.39 is 0 Å². The van der Waals surface area contributed by atoms with Crippen molar-refractivity contribution in [3.05, 3.63) is 29.3 Å². The molecule has 1 aromatic carbocycles. The molecule has 0 aromatic heterocycles. The monoisotopic (exact) mass is 220 g/mol. The summed E-state index contributed by atoms with van der Waals surface area (Å²) in [5.74, 6) is 0.498. The molecule has 1 aromatic rings. The van der Waals surface area contributed by atoms with Crippen LogP contribution in [0.4, 0.5) is 0 Å². The smallest absolute Gasteiger partial charge is 0.140 e.